The number of alkyl carbamates (subject to hydrolysis) is 1. The topological polar surface area (TPSA) is 186 Å². The quantitative estimate of drug-likeness (QED) is 0.101. The summed E-state index contributed by atoms with van der Waals surface area (Å²) in [6.07, 6.45) is -0.543. The number of H-pyrrole nitrogens is 2. The summed E-state index contributed by atoms with van der Waals surface area (Å²) in [5.41, 5.74) is 4.24. The Morgan fingerprint density at radius 3 is 1.47 bits per heavy atom. The number of methoxy groups -OCH3 is 1. The Hall–Kier alpha value is -5.52. The number of aromatic amines is 2. The summed E-state index contributed by atoms with van der Waals surface area (Å²) in [7, 11) is 1.27. The number of nitrogens with zero attached hydrogens (tertiary/aromatic N) is 4. The molecule has 16 heteroatoms. The van der Waals surface area contributed by atoms with Crippen LogP contribution in [0.15, 0.2) is 48.5 Å². The lowest BCUT2D eigenvalue weighted by atomic mass is 10.0. The van der Waals surface area contributed by atoms with Crippen LogP contribution in [0.2, 0.25) is 10.3 Å². The molecule has 6 rings (SSSR count). The second-order valence-corrected chi connectivity index (χ2v) is 17.0. The second-order valence-electron chi connectivity index (χ2n) is 16.2. The van der Waals surface area contributed by atoms with Crippen molar-refractivity contribution < 1.29 is 29.0 Å². The van der Waals surface area contributed by atoms with Gasteiger partial charge >= 0.3 is 12.2 Å². The van der Waals surface area contributed by atoms with Crippen molar-refractivity contribution >= 4 is 47.2 Å². The summed E-state index contributed by atoms with van der Waals surface area (Å²) in [6.45, 7) is 12.5. The fourth-order valence-electron chi connectivity index (χ4n) is 7.80. The fraction of sp³-hybridized carbons (Fsp3) is 0.442. The number of halogens is 2. The highest BCUT2D eigenvalue weighted by atomic mass is 35.5. The van der Waals surface area contributed by atoms with Crippen LogP contribution >= 0.6 is 23.2 Å². The number of rotatable bonds is 10. The van der Waals surface area contributed by atoms with E-state index in [1.54, 1.807) is 9.80 Å². The Morgan fingerprint density at radius 2 is 1.12 bits per heavy atom. The standard InChI is InChI=1S/C43H50Cl2N8O6/c1-22(2)32(48-42(56)57)40(54)52-20-24(5)18-30(52)38-46-34(36(44)50-38)28-14-10-26(11-15-28)8-9-27-12-16-29(17-13-27)35-37(45)51-39(47-35)31-19-25(6)21-53(31)41(55)33(23(3)4)49-43(58)59-7/h10-17,22-25,30-33,48H,18-21H2,1-7H3,(H,46,50)(H,47,51)(H,49,58)(H,56,57)/t24-,25?,30-,31?,32-,33-/m0/s1. The largest absolute Gasteiger partial charge is 0.465 e. The molecule has 2 aromatic heterocycles. The summed E-state index contributed by atoms with van der Waals surface area (Å²) < 4.78 is 4.76. The van der Waals surface area contributed by atoms with E-state index in [1.807, 2.05) is 83.1 Å². The van der Waals surface area contributed by atoms with Gasteiger partial charge in [-0.15, -0.1) is 0 Å². The van der Waals surface area contributed by atoms with Crippen LogP contribution < -0.4 is 10.6 Å². The molecule has 6 atom stereocenters. The molecule has 4 heterocycles. The van der Waals surface area contributed by atoms with Gasteiger partial charge in [-0.05, 0) is 60.8 Å². The highest BCUT2D eigenvalue weighted by Crippen LogP contribution is 2.39. The molecule has 312 valence electrons. The average Bonchev–Trinajstić information content (AvgIpc) is 3.99. The number of hydrogen-bond acceptors (Lipinski definition) is 7. The first-order chi connectivity index (χ1) is 28.0. The van der Waals surface area contributed by atoms with Gasteiger partial charge in [-0.2, -0.15) is 0 Å². The van der Waals surface area contributed by atoms with E-state index in [2.05, 4.69) is 39.4 Å². The van der Waals surface area contributed by atoms with Gasteiger partial charge < -0.3 is 40.2 Å². The predicted octanol–water partition coefficient (Wildman–Crippen LogP) is 7.67. The van der Waals surface area contributed by atoms with Crippen LogP contribution in [0.25, 0.3) is 22.5 Å². The van der Waals surface area contributed by atoms with Crippen molar-refractivity contribution in [3.8, 4) is 34.4 Å². The lowest BCUT2D eigenvalue weighted by Crippen LogP contribution is -2.51. The molecule has 0 aliphatic carbocycles. The number of benzene rings is 2. The van der Waals surface area contributed by atoms with Gasteiger partial charge in [-0.25, -0.2) is 19.6 Å². The van der Waals surface area contributed by atoms with Crippen LogP contribution in [0.3, 0.4) is 0 Å². The number of carboxylic acid groups (broad SMARTS) is 1. The van der Waals surface area contributed by atoms with E-state index in [4.69, 9.17) is 37.9 Å². The van der Waals surface area contributed by atoms with Gasteiger partial charge in [0.05, 0.1) is 19.2 Å². The molecule has 14 nitrogen and oxygen atoms in total. The lowest BCUT2D eigenvalue weighted by molar-refractivity contribution is -0.136. The van der Waals surface area contributed by atoms with Gasteiger partial charge in [0.1, 0.15) is 45.4 Å². The fourth-order valence-corrected chi connectivity index (χ4v) is 8.30. The molecule has 2 fully saturated rings. The van der Waals surface area contributed by atoms with Crippen molar-refractivity contribution in [2.24, 2.45) is 23.7 Å². The van der Waals surface area contributed by atoms with Crippen molar-refractivity contribution in [1.29, 1.82) is 0 Å². The molecule has 5 N–H and O–H groups in total. The first-order valence-corrected chi connectivity index (χ1v) is 20.5. The molecular weight excluding hydrogens is 795 g/mol. The van der Waals surface area contributed by atoms with Crippen LogP contribution in [0.4, 0.5) is 9.59 Å². The maximum Gasteiger partial charge on any atom is 0.407 e. The Bertz CT molecular complexity index is 2240. The number of hydrogen-bond donors (Lipinski definition) is 5. The van der Waals surface area contributed by atoms with Gasteiger partial charge in [0.15, 0.2) is 0 Å². The van der Waals surface area contributed by atoms with Crippen LogP contribution in [-0.2, 0) is 14.3 Å². The molecule has 2 aliphatic heterocycles. The number of likely N-dealkylation sites (tertiary alicyclic amines) is 2. The smallest absolute Gasteiger partial charge is 0.407 e. The van der Waals surface area contributed by atoms with E-state index in [1.165, 1.54) is 7.11 Å². The van der Waals surface area contributed by atoms with E-state index < -0.39 is 24.3 Å². The van der Waals surface area contributed by atoms with E-state index in [-0.39, 0.29) is 47.6 Å². The van der Waals surface area contributed by atoms with E-state index in [0.717, 1.165) is 22.3 Å². The molecule has 0 bridgehead atoms. The van der Waals surface area contributed by atoms with Crippen LogP contribution in [0, 0.1) is 35.5 Å². The zero-order valence-electron chi connectivity index (χ0n) is 34.1. The summed E-state index contributed by atoms with van der Waals surface area (Å²) in [5, 5.41) is 15.1. The third-order valence-electron chi connectivity index (χ3n) is 10.8. The molecule has 0 radical (unpaired) electrons. The van der Waals surface area contributed by atoms with Crippen molar-refractivity contribution in [1.82, 2.24) is 40.4 Å². The van der Waals surface area contributed by atoms with Crippen molar-refractivity contribution in [2.45, 2.75) is 78.6 Å². The molecule has 2 unspecified atom stereocenters. The van der Waals surface area contributed by atoms with Crippen molar-refractivity contribution in [3.05, 3.63) is 81.6 Å². The highest BCUT2D eigenvalue weighted by molar-refractivity contribution is 6.32. The number of carbonyl (C=O) groups excluding carboxylic acids is 3. The van der Waals surface area contributed by atoms with Crippen LogP contribution in [0.1, 0.15) is 89.2 Å². The summed E-state index contributed by atoms with van der Waals surface area (Å²) >= 11 is 13.4. The van der Waals surface area contributed by atoms with Gasteiger partial charge in [0.25, 0.3) is 0 Å². The summed E-state index contributed by atoms with van der Waals surface area (Å²) in [5.74, 6) is 7.08. The Labute approximate surface area is 353 Å². The minimum atomic E-state index is -1.24. The number of amides is 4. The number of imidazole rings is 2. The van der Waals surface area contributed by atoms with Crippen LogP contribution in [0.5, 0.6) is 0 Å². The second kappa shape index (κ2) is 18.2. The van der Waals surface area contributed by atoms with Gasteiger partial charge in [-0.3, -0.25) is 9.59 Å². The number of ether oxygens (including phenoxy) is 1. The lowest BCUT2D eigenvalue weighted by Gasteiger charge is -2.30. The highest BCUT2D eigenvalue weighted by Gasteiger charge is 2.42. The summed E-state index contributed by atoms with van der Waals surface area (Å²) in [4.78, 5) is 70.2. The number of nitrogens with one attached hydrogen (secondary N) is 4. The molecule has 2 saturated heterocycles. The van der Waals surface area contributed by atoms with Crippen LogP contribution in [-0.4, -0.2) is 91.1 Å². The molecule has 4 amide bonds. The molecule has 59 heavy (non-hydrogen) atoms. The molecule has 2 aliphatic rings. The molecular formula is C43H50Cl2N8O6. The Balaban J connectivity index is 1.13. The zero-order valence-corrected chi connectivity index (χ0v) is 35.6. The third kappa shape index (κ3) is 9.69. The Kier molecular flexibility index (Phi) is 13.3. The normalized spacial score (nSPS) is 20.0. The van der Waals surface area contributed by atoms with Crippen molar-refractivity contribution in [3.63, 3.8) is 0 Å². The molecule has 4 aromatic rings. The average molecular weight is 846 g/mol. The first-order valence-electron chi connectivity index (χ1n) is 19.7. The van der Waals surface area contributed by atoms with Gasteiger partial charge in [-0.1, -0.05) is 101 Å². The van der Waals surface area contributed by atoms with E-state index >= 15 is 0 Å². The minimum absolute atomic E-state index is 0.153. The first kappa shape index (κ1) is 43.1. The molecule has 0 spiro atoms. The maximum atomic E-state index is 13.7. The van der Waals surface area contributed by atoms with Gasteiger partial charge in [0, 0.05) is 35.3 Å². The maximum absolute atomic E-state index is 13.7. The van der Waals surface area contributed by atoms with Gasteiger partial charge in [0.2, 0.25) is 11.8 Å². The molecule has 0 saturated carbocycles. The molecule has 2 aromatic carbocycles. The SMILES string of the molecule is COC(=O)N[C@H](C(=O)N1CC(C)CC1c1nc(-c2ccc(C#Cc3ccc(-c4nc([C@@H]5C[C@H](C)CN5C(=O)[C@@H](NC(=O)O)C(C)C)[nH]c4Cl)cc3)cc2)c(Cl)[nH]1)C(C)C. The van der Waals surface area contributed by atoms with E-state index in [9.17, 15) is 24.3 Å². The number of aromatic nitrogens is 4. The Morgan fingerprint density at radius 1 is 0.729 bits per heavy atom. The third-order valence-corrected chi connectivity index (χ3v) is 11.4. The monoisotopic (exact) mass is 844 g/mol. The van der Waals surface area contributed by atoms with Crippen molar-refractivity contribution in [2.75, 3.05) is 20.2 Å². The van der Waals surface area contributed by atoms with E-state index in [0.29, 0.717) is 59.3 Å². The summed E-state index contributed by atoms with van der Waals surface area (Å²) in [6, 6.07) is 12.8. The zero-order chi connectivity index (χ0) is 42.7. The minimum Gasteiger partial charge on any atom is -0.465 e. The predicted molar refractivity (Wildman–Crippen MR) is 224 cm³/mol. The number of carbonyl (C=O) groups is 4.